The van der Waals surface area contributed by atoms with Gasteiger partial charge in [-0.2, -0.15) is 0 Å². The fourth-order valence-electron chi connectivity index (χ4n) is 2.68. The molecule has 0 saturated carbocycles. The third-order valence-corrected chi connectivity index (χ3v) is 4.57. The zero-order valence-corrected chi connectivity index (χ0v) is 16.2. The number of carbonyl (C=O) groups excluding carboxylic acids is 2. The Morgan fingerprint density at radius 2 is 1.93 bits per heavy atom. The van der Waals surface area contributed by atoms with Crippen LogP contribution in [-0.4, -0.2) is 30.6 Å². The van der Waals surface area contributed by atoms with Gasteiger partial charge >= 0.3 is 5.97 Å². The van der Waals surface area contributed by atoms with Crippen molar-refractivity contribution in [2.75, 3.05) is 13.7 Å². The number of aryl methyl sites for hydroxylation is 1. The Labute approximate surface area is 167 Å². The van der Waals surface area contributed by atoms with Crippen molar-refractivity contribution < 1.29 is 19.1 Å². The summed E-state index contributed by atoms with van der Waals surface area (Å²) in [6.07, 6.45) is 0. The first-order valence-corrected chi connectivity index (χ1v) is 8.98. The minimum Gasteiger partial charge on any atom is -0.497 e. The van der Waals surface area contributed by atoms with Crippen molar-refractivity contribution in [3.05, 3.63) is 70.4 Å². The van der Waals surface area contributed by atoms with Gasteiger partial charge in [-0.1, -0.05) is 29.8 Å². The molecule has 144 valence electrons. The molecule has 0 spiro atoms. The van der Waals surface area contributed by atoms with Gasteiger partial charge in [-0.25, -0.2) is 4.79 Å². The minimum absolute atomic E-state index is 0.256. The van der Waals surface area contributed by atoms with E-state index in [-0.39, 0.29) is 6.54 Å². The van der Waals surface area contributed by atoms with Crippen LogP contribution in [0.25, 0.3) is 10.9 Å². The monoisotopic (exact) mass is 398 g/mol. The number of rotatable bonds is 6. The molecule has 0 aliphatic heterocycles. The summed E-state index contributed by atoms with van der Waals surface area (Å²) in [7, 11) is 1.57. The fraction of sp³-hybridized carbons (Fsp3) is 0.190. The van der Waals surface area contributed by atoms with Crippen molar-refractivity contribution in [1.82, 2.24) is 10.3 Å². The molecule has 1 N–H and O–H groups in total. The van der Waals surface area contributed by atoms with E-state index >= 15 is 0 Å². The van der Waals surface area contributed by atoms with Gasteiger partial charge in [0.25, 0.3) is 5.91 Å². The van der Waals surface area contributed by atoms with E-state index in [0.717, 1.165) is 16.5 Å². The number of esters is 1. The molecular formula is C21H19ClN2O4. The van der Waals surface area contributed by atoms with Crippen LogP contribution in [0.1, 0.15) is 21.6 Å². The average molecular weight is 399 g/mol. The maximum absolute atomic E-state index is 12.4. The number of nitrogens with one attached hydrogen (secondary N) is 1. The fourth-order valence-corrected chi connectivity index (χ4v) is 2.88. The molecule has 3 aromatic rings. The third kappa shape index (κ3) is 4.58. The Morgan fingerprint density at radius 1 is 1.14 bits per heavy atom. The van der Waals surface area contributed by atoms with Gasteiger partial charge < -0.3 is 14.8 Å². The van der Waals surface area contributed by atoms with E-state index in [1.807, 2.05) is 24.3 Å². The molecule has 28 heavy (non-hydrogen) atoms. The van der Waals surface area contributed by atoms with Gasteiger partial charge in [0.2, 0.25) is 0 Å². The summed E-state index contributed by atoms with van der Waals surface area (Å²) in [5.74, 6) is -0.361. The molecule has 0 saturated heterocycles. The Bertz CT molecular complexity index is 1040. The van der Waals surface area contributed by atoms with Gasteiger partial charge in [-0.05, 0) is 42.8 Å². The summed E-state index contributed by atoms with van der Waals surface area (Å²) in [5, 5.41) is 3.99. The molecule has 0 unspecified atom stereocenters. The molecule has 1 heterocycles. The predicted molar refractivity (Wildman–Crippen MR) is 107 cm³/mol. The van der Waals surface area contributed by atoms with E-state index in [4.69, 9.17) is 21.1 Å². The zero-order chi connectivity index (χ0) is 20.1. The highest BCUT2D eigenvalue weighted by molar-refractivity contribution is 6.31. The number of halogens is 1. The molecule has 2 aromatic carbocycles. The Balaban J connectivity index is 1.63. The molecule has 0 radical (unpaired) electrons. The highest BCUT2D eigenvalue weighted by Gasteiger charge is 2.15. The van der Waals surface area contributed by atoms with Gasteiger partial charge in [0.05, 0.1) is 23.9 Å². The van der Waals surface area contributed by atoms with E-state index in [2.05, 4.69) is 10.3 Å². The lowest BCUT2D eigenvalue weighted by atomic mass is 10.1. The maximum atomic E-state index is 12.4. The molecule has 0 fully saturated rings. The first-order valence-electron chi connectivity index (χ1n) is 8.60. The standard InChI is InChI=1S/C21H19ClN2O4/c1-13-17(10-15-9-16(27-2)7-8-19(15)24-13)21(26)28-12-20(25)23-11-14-5-3-4-6-18(14)22/h3-10H,11-12H2,1-2H3,(H,23,25). The first kappa shape index (κ1) is 19.6. The van der Waals surface area contributed by atoms with Crippen LogP contribution in [0.5, 0.6) is 5.75 Å². The van der Waals surface area contributed by atoms with Crippen LogP contribution in [0.3, 0.4) is 0 Å². The second-order valence-corrected chi connectivity index (χ2v) is 6.53. The van der Waals surface area contributed by atoms with Crippen molar-refractivity contribution in [1.29, 1.82) is 0 Å². The van der Waals surface area contributed by atoms with Crippen LogP contribution in [0.4, 0.5) is 0 Å². The minimum atomic E-state index is -0.609. The highest BCUT2D eigenvalue weighted by Crippen LogP contribution is 2.22. The van der Waals surface area contributed by atoms with E-state index < -0.39 is 18.5 Å². The number of nitrogens with zero attached hydrogens (tertiary/aromatic N) is 1. The maximum Gasteiger partial charge on any atom is 0.340 e. The average Bonchev–Trinajstić information content (AvgIpc) is 2.70. The van der Waals surface area contributed by atoms with Crippen LogP contribution in [-0.2, 0) is 16.1 Å². The van der Waals surface area contributed by atoms with Gasteiger partial charge in [-0.15, -0.1) is 0 Å². The van der Waals surface area contributed by atoms with Crippen LogP contribution >= 0.6 is 11.6 Å². The number of carbonyl (C=O) groups is 2. The second-order valence-electron chi connectivity index (χ2n) is 6.12. The van der Waals surface area contributed by atoms with Crippen LogP contribution in [0, 0.1) is 6.92 Å². The van der Waals surface area contributed by atoms with Crippen molar-refractivity contribution in [2.45, 2.75) is 13.5 Å². The number of hydrogen-bond donors (Lipinski definition) is 1. The molecule has 1 aromatic heterocycles. The lowest BCUT2D eigenvalue weighted by Crippen LogP contribution is -2.28. The number of benzene rings is 2. The van der Waals surface area contributed by atoms with Crippen molar-refractivity contribution in [3.8, 4) is 5.75 Å². The summed E-state index contributed by atoms with van der Waals surface area (Å²) in [6.45, 7) is 1.59. The predicted octanol–water partition coefficient (Wildman–Crippen LogP) is 3.68. The highest BCUT2D eigenvalue weighted by atomic mass is 35.5. The van der Waals surface area contributed by atoms with E-state index in [0.29, 0.717) is 22.0 Å². The number of hydrogen-bond acceptors (Lipinski definition) is 5. The number of pyridine rings is 1. The lowest BCUT2D eigenvalue weighted by molar-refractivity contribution is -0.124. The number of methoxy groups -OCH3 is 1. The van der Waals surface area contributed by atoms with Crippen molar-refractivity contribution in [2.24, 2.45) is 0 Å². The Morgan fingerprint density at radius 3 is 2.68 bits per heavy atom. The summed E-state index contributed by atoms with van der Waals surface area (Å²) >= 11 is 6.05. The smallest absolute Gasteiger partial charge is 0.340 e. The molecule has 0 aliphatic rings. The largest absolute Gasteiger partial charge is 0.497 e. The normalized spacial score (nSPS) is 10.5. The lowest BCUT2D eigenvalue weighted by Gasteiger charge is -2.10. The zero-order valence-electron chi connectivity index (χ0n) is 15.5. The number of aromatic nitrogens is 1. The van der Waals surface area contributed by atoms with E-state index in [1.165, 1.54) is 0 Å². The molecule has 0 aliphatic carbocycles. The third-order valence-electron chi connectivity index (χ3n) is 4.20. The Kier molecular flexibility index (Phi) is 6.11. The summed E-state index contributed by atoms with van der Waals surface area (Å²) in [6, 6.07) is 14.3. The van der Waals surface area contributed by atoms with Gasteiger partial charge in [0, 0.05) is 17.0 Å². The molecular weight excluding hydrogens is 380 g/mol. The summed E-state index contributed by atoms with van der Waals surface area (Å²) < 4.78 is 10.3. The molecule has 7 heteroatoms. The number of fused-ring (bicyclic) bond motifs is 1. The number of amides is 1. The molecule has 0 atom stereocenters. The Hall–Kier alpha value is -3.12. The van der Waals surface area contributed by atoms with E-state index in [9.17, 15) is 9.59 Å². The van der Waals surface area contributed by atoms with Crippen LogP contribution < -0.4 is 10.1 Å². The van der Waals surface area contributed by atoms with Gasteiger partial charge in [-0.3, -0.25) is 9.78 Å². The van der Waals surface area contributed by atoms with Crippen LogP contribution in [0.2, 0.25) is 5.02 Å². The second kappa shape index (κ2) is 8.71. The topological polar surface area (TPSA) is 77.5 Å². The molecule has 6 nitrogen and oxygen atoms in total. The van der Waals surface area contributed by atoms with E-state index in [1.54, 1.807) is 38.3 Å². The van der Waals surface area contributed by atoms with Gasteiger partial charge in [0.1, 0.15) is 5.75 Å². The van der Waals surface area contributed by atoms with Crippen molar-refractivity contribution in [3.63, 3.8) is 0 Å². The summed E-state index contributed by atoms with van der Waals surface area (Å²) in [4.78, 5) is 28.8. The first-order chi connectivity index (χ1) is 13.5. The van der Waals surface area contributed by atoms with Crippen molar-refractivity contribution >= 4 is 34.4 Å². The molecule has 0 bridgehead atoms. The summed E-state index contributed by atoms with van der Waals surface area (Å²) in [5.41, 5.74) is 2.36. The number of ether oxygens (including phenoxy) is 2. The molecule has 1 amide bonds. The molecule has 3 rings (SSSR count). The van der Waals surface area contributed by atoms with Gasteiger partial charge in [0.15, 0.2) is 6.61 Å². The quantitative estimate of drug-likeness (QED) is 0.641. The SMILES string of the molecule is COc1ccc2nc(C)c(C(=O)OCC(=O)NCc3ccccc3Cl)cc2c1. The van der Waals surface area contributed by atoms with Crippen LogP contribution in [0.15, 0.2) is 48.5 Å².